The number of rotatable bonds is 10. The van der Waals surface area contributed by atoms with Gasteiger partial charge in [-0.15, -0.1) is 4.91 Å². The van der Waals surface area contributed by atoms with Crippen molar-refractivity contribution in [1.82, 2.24) is 0 Å². The zero-order valence-electron chi connectivity index (χ0n) is 15.7. The summed E-state index contributed by atoms with van der Waals surface area (Å²) in [6.07, 6.45) is 11.6. The van der Waals surface area contributed by atoms with Crippen LogP contribution in [-0.2, 0) is 12.8 Å². The standard InChI is InChI=1S/C21H32N2O/c1-5-6-7-11-18-14-20(22)19(21(15-18)23-24)13-12-17(4)10-8-9-16(2)3/h9,12,14-15H,5-8,10-11,13,22H2,1-4H3/b17-12+. The SMILES string of the molecule is CCCCCc1cc(N)c(C/C=C(\C)CCC=C(C)C)c(N=O)c1. The molecule has 0 bridgehead atoms. The third kappa shape index (κ3) is 7.12. The Kier molecular flexibility index (Phi) is 9.06. The molecule has 0 aliphatic rings. The Morgan fingerprint density at radius 1 is 1.17 bits per heavy atom. The quantitative estimate of drug-likeness (QED) is 0.227. The number of nitroso groups, excluding NO2 is 1. The number of unbranched alkanes of at least 4 members (excludes halogenated alkanes) is 2. The molecule has 0 aromatic heterocycles. The Labute approximate surface area is 147 Å². The van der Waals surface area contributed by atoms with Gasteiger partial charge in [-0.05, 0) is 75.7 Å². The van der Waals surface area contributed by atoms with Crippen LogP contribution in [0.3, 0.4) is 0 Å². The first kappa shape index (κ1) is 20.1. The smallest absolute Gasteiger partial charge is 0.113 e. The van der Waals surface area contributed by atoms with E-state index in [4.69, 9.17) is 5.73 Å². The van der Waals surface area contributed by atoms with Crippen LogP contribution in [0.15, 0.2) is 40.6 Å². The van der Waals surface area contributed by atoms with Gasteiger partial charge in [-0.25, -0.2) is 0 Å². The van der Waals surface area contributed by atoms with Gasteiger partial charge in [-0.2, -0.15) is 0 Å². The van der Waals surface area contributed by atoms with Crippen molar-refractivity contribution < 1.29 is 0 Å². The normalized spacial score (nSPS) is 11.4. The molecule has 1 aromatic rings. The molecule has 132 valence electrons. The molecule has 0 aliphatic carbocycles. The molecular formula is C21H32N2O. The number of hydrogen-bond acceptors (Lipinski definition) is 3. The second kappa shape index (κ2) is 10.8. The summed E-state index contributed by atoms with van der Waals surface area (Å²) in [6, 6.07) is 3.91. The lowest BCUT2D eigenvalue weighted by Gasteiger charge is -2.10. The summed E-state index contributed by atoms with van der Waals surface area (Å²) in [5.41, 5.74) is 12.0. The molecule has 0 saturated carbocycles. The van der Waals surface area contributed by atoms with Crippen LogP contribution < -0.4 is 5.73 Å². The van der Waals surface area contributed by atoms with Gasteiger partial charge in [0.1, 0.15) is 5.69 Å². The molecule has 0 unspecified atom stereocenters. The summed E-state index contributed by atoms with van der Waals surface area (Å²) in [4.78, 5) is 11.2. The minimum absolute atomic E-state index is 0.495. The number of nitrogens with two attached hydrogens (primary N) is 1. The van der Waals surface area contributed by atoms with Crippen LogP contribution in [-0.4, -0.2) is 0 Å². The van der Waals surface area contributed by atoms with E-state index in [0.29, 0.717) is 17.8 Å². The number of allylic oxidation sites excluding steroid dienone is 4. The Hall–Kier alpha value is -1.90. The average Bonchev–Trinajstić information content (AvgIpc) is 2.53. The Morgan fingerprint density at radius 2 is 1.92 bits per heavy atom. The van der Waals surface area contributed by atoms with Gasteiger partial charge in [-0.1, -0.05) is 43.1 Å². The van der Waals surface area contributed by atoms with Crippen molar-refractivity contribution in [2.75, 3.05) is 5.73 Å². The number of hydrogen-bond donors (Lipinski definition) is 1. The molecule has 2 N–H and O–H groups in total. The largest absolute Gasteiger partial charge is 0.398 e. The molecule has 0 radical (unpaired) electrons. The molecule has 0 heterocycles. The molecule has 1 aromatic carbocycles. The lowest BCUT2D eigenvalue weighted by atomic mass is 9.99. The summed E-state index contributed by atoms with van der Waals surface area (Å²) in [6.45, 7) is 8.54. The van der Waals surface area contributed by atoms with Crippen LogP contribution in [0.4, 0.5) is 11.4 Å². The van der Waals surface area contributed by atoms with Crippen LogP contribution in [0, 0.1) is 4.91 Å². The summed E-state index contributed by atoms with van der Waals surface area (Å²) >= 11 is 0. The van der Waals surface area contributed by atoms with E-state index in [-0.39, 0.29) is 0 Å². The van der Waals surface area contributed by atoms with Crippen LogP contribution in [0.25, 0.3) is 0 Å². The maximum absolute atomic E-state index is 11.2. The van der Waals surface area contributed by atoms with E-state index < -0.39 is 0 Å². The maximum Gasteiger partial charge on any atom is 0.113 e. The Bertz CT molecular complexity index is 596. The van der Waals surface area contributed by atoms with Gasteiger partial charge in [0.15, 0.2) is 0 Å². The van der Waals surface area contributed by atoms with E-state index in [1.807, 2.05) is 12.1 Å². The predicted molar refractivity (Wildman–Crippen MR) is 106 cm³/mol. The summed E-state index contributed by atoms with van der Waals surface area (Å²) in [5.74, 6) is 0. The first-order chi connectivity index (χ1) is 11.5. The van der Waals surface area contributed by atoms with Crippen LogP contribution in [0.2, 0.25) is 0 Å². The van der Waals surface area contributed by atoms with Crippen LogP contribution in [0.5, 0.6) is 0 Å². The van der Waals surface area contributed by atoms with Crippen molar-refractivity contribution in [3.63, 3.8) is 0 Å². The van der Waals surface area contributed by atoms with Crippen molar-refractivity contribution in [2.45, 2.75) is 72.6 Å². The molecule has 1 rings (SSSR count). The molecule has 0 aliphatic heterocycles. The number of benzene rings is 1. The molecule has 0 saturated heterocycles. The predicted octanol–water partition coefficient (Wildman–Crippen LogP) is 6.63. The fourth-order valence-corrected chi connectivity index (χ4v) is 2.73. The Morgan fingerprint density at radius 3 is 2.54 bits per heavy atom. The molecule has 0 spiro atoms. The van der Waals surface area contributed by atoms with Gasteiger partial charge in [0.05, 0.1) is 0 Å². The maximum atomic E-state index is 11.2. The second-order valence-electron chi connectivity index (χ2n) is 6.81. The van der Waals surface area contributed by atoms with Crippen molar-refractivity contribution in [3.8, 4) is 0 Å². The Balaban J connectivity index is 2.79. The van der Waals surface area contributed by atoms with Gasteiger partial charge in [-0.3, -0.25) is 0 Å². The lowest BCUT2D eigenvalue weighted by molar-refractivity contribution is 0.717. The first-order valence-corrected chi connectivity index (χ1v) is 9.01. The van der Waals surface area contributed by atoms with E-state index in [1.165, 1.54) is 24.0 Å². The van der Waals surface area contributed by atoms with Gasteiger partial charge in [0.25, 0.3) is 0 Å². The highest BCUT2D eigenvalue weighted by Crippen LogP contribution is 2.29. The van der Waals surface area contributed by atoms with E-state index >= 15 is 0 Å². The van der Waals surface area contributed by atoms with Crippen molar-refractivity contribution in [1.29, 1.82) is 0 Å². The monoisotopic (exact) mass is 328 g/mol. The number of nitrogen functional groups attached to an aromatic ring is 1. The van der Waals surface area contributed by atoms with Crippen molar-refractivity contribution in [3.05, 3.63) is 51.5 Å². The van der Waals surface area contributed by atoms with Crippen molar-refractivity contribution >= 4 is 11.4 Å². The van der Waals surface area contributed by atoms with Gasteiger partial charge in [0, 0.05) is 11.3 Å². The third-order valence-electron chi connectivity index (χ3n) is 4.23. The highest BCUT2D eigenvalue weighted by molar-refractivity contribution is 5.63. The average molecular weight is 328 g/mol. The lowest BCUT2D eigenvalue weighted by Crippen LogP contribution is -1.97. The molecule has 24 heavy (non-hydrogen) atoms. The molecule has 0 amide bonds. The summed E-state index contributed by atoms with van der Waals surface area (Å²) in [5, 5.41) is 3.21. The zero-order chi connectivity index (χ0) is 17.9. The second-order valence-corrected chi connectivity index (χ2v) is 6.81. The van der Waals surface area contributed by atoms with Crippen LogP contribution in [0.1, 0.15) is 70.9 Å². The first-order valence-electron chi connectivity index (χ1n) is 9.01. The van der Waals surface area contributed by atoms with Crippen LogP contribution >= 0.6 is 0 Å². The fraction of sp³-hybridized carbons (Fsp3) is 0.524. The van der Waals surface area contributed by atoms with E-state index in [2.05, 4.69) is 45.0 Å². The van der Waals surface area contributed by atoms with Gasteiger partial charge < -0.3 is 5.73 Å². The number of nitrogens with zero attached hydrogens (tertiary/aromatic N) is 1. The third-order valence-corrected chi connectivity index (χ3v) is 4.23. The molecule has 3 nitrogen and oxygen atoms in total. The summed E-state index contributed by atoms with van der Waals surface area (Å²) in [7, 11) is 0. The number of anilines is 1. The van der Waals surface area contributed by atoms with Gasteiger partial charge in [0.2, 0.25) is 0 Å². The minimum atomic E-state index is 0.495. The van der Waals surface area contributed by atoms with E-state index in [1.54, 1.807) is 0 Å². The zero-order valence-corrected chi connectivity index (χ0v) is 15.7. The minimum Gasteiger partial charge on any atom is -0.398 e. The highest BCUT2D eigenvalue weighted by Gasteiger charge is 2.09. The summed E-state index contributed by atoms with van der Waals surface area (Å²) < 4.78 is 0. The van der Waals surface area contributed by atoms with E-state index in [9.17, 15) is 4.91 Å². The molecule has 3 heteroatoms. The molecule has 0 atom stereocenters. The topological polar surface area (TPSA) is 55.4 Å². The van der Waals surface area contributed by atoms with Gasteiger partial charge >= 0.3 is 0 Å². The van der Waals surface area contributed by atoms with E-state index in [0.717, 1.165) is 36.8 Å². The highest BCUT2D eigenvalue weighted by atomic mass is 16.3. The molecular weight excluding hydrogens is 296 g/mol. The van der Waals surface area contributed by atoms with Crippen molar-refractivity contribution in [2.24, 2.45) is 5.18 Å². The molecule has 0 fully saturated rings. The fourth-order valence-electron chi connectivity index (χ4n) is 2.73. The number of aryl methyl sites for hydroxylation is 1.